The largest absolute Gasteiger partial charge is 0.325 e. The van der Waals surface area contributed by atoms with Crippen molar-refractivity contribution in [2.45, 2.75) is 32.4 Å². The van der Waals surface area contributed by atoms with E-state index in [4.69, 9.17) is 11.0 Å². The van der Waals surface area contributed by atoms with E-state index in [1.165, 1.54) is 0 Å². The normalized spacial score (nSPS) is 12.2. The molecule has 1 aromatic carbocycles. The number of nitrogens with zero attached hydrogens (tertiary/aromatic N) is 3. The minimum absolute atomic E-state index is 0.311. The number of rotatable bonds is 6. The molecular formula is C19H20N4. The first-order chi connectivity index (χ1) is 11.2. The third-order valence-electron chi connectivity index (χ3n) is 3.83. The Morgan fingerprint density at radius 2 is 2.17 bits per heavy atom. The summed E-state index contributed by atoms with van der Waals surface area (Å²) in [4.78, 5) is 0. The Labute approximate surface area is 136 Å². The van der Waals surface area contributed by atoms with Crippen molar-refractivity contribution in [2.24, 2.45) is 5.73 Å². The van der Waals surface area contributed by atoms with E-state index in [1.807, 2.05) is 24.3 Å². The summed E-state index contributed by atoms with van der Waals surface area (Å²) in [6.45, 7) is 5.78. The van der Waals surface area contributed by atoms with Crippen LogP contribution >= 0.6 is 0 Å². The minimum atomic E-state index is -0.336. The lowest BCUT2D eigenvalue weighted by Gasteiger charge is -2.16. The van der Waals surface area contributed by atoms with Crippen LogP contribution in [0.15, 0.2) is 43.0 Å². The molecule has 0 spiro atoms. The summed E-state index contributed by atoms with van der Waals surface area (Å²) in [5.74, 6) is 0. The number of hydrogen-bond acceptors (Lipinski definition) is 3. The molecule has 0 aliphatic heterocycles. The highest BCUT2D eigenvalue weighted by molar-refractivity contribution is 5.87. The van der Waals surface area contributed by atoms with Crippen molar-refractivity contribution in [3.63, 3.8) is 0 Å². The zero-order valence-electron chi connectivity index (χ0n) is 13.3. The number of benzene rings is 1. The SMILES string of the molecule is C=C/C=C\C(N)n1c(CCC)c(CC#N)c2cc(C#N)ccc21. The lowest BCUT2D eigenvalue weighted by Crippen LogP contribution is -2.18. The van der Waals surface area contributed by atoms with Gasteiger partial charge in [-0.1, -0.05) is 32.1 Å². The molecule has 116 valence electrons. The Hall–Kier alpha value is -2.82. The summed E-state index contributed by atoms with van der Waals surface area (Å²) < 4.78 is 2.06. The molecule has 0 amide bonds. The molecule has 23 heavy (non-hydrogen) atoms. The van der Waals surface area contributed by atoms with Crippen molar-refractivity contribution in [2.75, 3.05) is 0 Å². The summed E-state index contributed by atoms with van der Waals surface area (Å²) >= 11 is 0. The van der Waals surface area contributed by atoms with Crippen molar-refractivity contribution in [3.05, 3.63) is 59.8 Å². The predicted octanol–water partition coefficient (Wildman–Crippen LogP) is 3.73. The third-order valence-corrected chi connectivity index (χ3v) is 3.83. The maximum Gasteiger partial charge on any atom is 0.101 e. The van der Waals surface area contributed by atoms with Gasteiger partial charge in [0.15, 0.2) is 0 Å². The molecule has 0 aliphatic rings. The highest BCUT2D eigenvalue weighted by Crippen LogP contribution is 2.31. The van der Waals surface area contributed by atoms with E-state index in [0.717, 1.165) is 35.0 Å². The van der Waals surface area contributed by atoms with Crippen molar-refractivity contribution in [3.8, 4) is 12.1 Å². The first-order valence-electron chi connectivity index (χ1n) is 7.65. The number of nitrogens with two attached hydrogens (primary N) is 1. The molecule has 4 heteroatoms. The minimum Gasteiger partial charge on any atom is -0.325 e. The highest BCUT2D eigenvalue weighted by atomic mass is 15.1. The summed E-state index contributed by atoms with van der Waals surface area (Å²) in [7, 11) is 0. The zero-order valence-corrected chi connectivity index (χ0v) is 13.3. The maximum absolute atomic E-state index is 9.20. The lowest BCUT2D eigenvalue weighted by atomic mass is 10.0. The molecule has 0 aliphatic carbocycles. The second-order valence-electron chi connectivity index (χ2n) is 5.34. The van der Waals surface area contributed by atoms with Crippen LogP contribution in [-0.2, 0) is 12.8 Å². The molecule has 0 saturated heterocycles. The average molecular weight is 304 g/mol. The fourth-order valence-electron chi connectivity index (χ4n) is 2.91. The Balaban J connectivity index is 2.79. The van der Waals surface area contributed by atoms with E-state index in [9.17, 15) is 5.26 Å². The Morgan fingerprint density at radius 1 is 1.39 bits per heavy atom. The number of aromatic nitrogens is 1. The summed E-state index contributed by atoms with van der Waals surface area (Å²) in [5.41, 5.74) is 9.93. The van der Waals surface area contributed by atoms with Crippen molar-refractivity contribution in [1.82, 2.24) is 4.57 Å². The molecule has 1 heterocycles. The van der Waals surface area contributed by atoms with Crippen LogP contribution in [0, 0.1) is 22.7 Å². The van der Waals surface area contributed by atoms with Gasteiger partial charge in [-0.15, -0.1) is 0 Å². The van der Waals surface area contributed by atoms with Crippen LogP contribution in [0.25, 0.3) is 10.9 Å². The molecule has 1 unspecified atom stereocenters. The number of nitriles is 2. The number of allylic oxidation sites excluding steroid dienone is 2. The van der Waals surface area contributed by atoms with Crippen LogP contribution in [0.3, 0.4) is 0 Å². The Kier molecular flexibility index (Phi) is 5.36. The summed E-state index contributed by atoms with van der Waals surface area (Å²) in [5, 5.41) is 19.3. The Morgan fingerprint density at radius 3 is 2.78 bits per heavy atom. The van der Waals surface area contributed by atoms with Gasteiger partial charge >= 0.3 is 0 Å². The molecule has 0 bridgehead atoms. The second-order valence-corrected chi connectivity index (χ2v) is 5.34. The van der Waals surface area contributed by atoms with E-state index >= 15 is 0 Å². The first-order valence-corrected chi connectivity index (χ1v) is 7.65. The molecule has 1 aromatic heterocycles. The van der Waals surface area contributed by atoms with Crippen molar-refractivity contribution < 1.29 is 0 Å². The van der Waals surface area contributed by atoms with Gasteiger partial charge in [-0.05, 0) is 36.3 Å². The van der Waals surface area contributed by atoms with E-state index in [2.05, 4.69) is 30.2 Å². The van der Waals surface area contributed by atoms with Crippen LogP contribution in [-0.4, -0.2) is 4.57 Å². The van der Waals surface area contributed by atoms with Crippen LogP contribution in [0.4, 0.5) is 0 Å². The summed E-state index contributed by atoms with van der Waals surface area (Å²) in [6.07, 6.45) is 7.15. The van der Waals surface area contributed by atoms with Crippen LogP contribution in [0.5, 0.6) is 0 Å². The van der Waals surface area contributed by atoms with Crippen molar-refractivity contribution >= 4 is 10.9 Å². The van der Waals surface area contributed by atoms with Gasteiger partial charge in [0.25, 0.3) is 0 Å². The van der Waals surface area contributed by atoms with E-state index < -0.39 is 0 Å². The smallest absolute Gasteiger partial charge is 0.101 e. The van der Waals surface area contributed by atoms with E-state index in [-0.39, 0.29) is 6.17 Å². The number of fused-ring (bicyclic) bond motifs is 1. The molecule has 0 fully saturated rings. The highest BCUT2D eigenvalue weighted by Gasteiger charge is 2.19. The van der Waals surface area contributed by atoms with Crippen LogP contribution in [0.1, 0.15) is 36.3 Å². The number of hydrogen-bond donors (Lipinski definition) is 1. The van der Waals surface area contributed by atoms with Gasteiger partial charge in [-0.3, -0.25) is 0 Å². The molecule has 2 N–H and O–H groups in total. The standard InChI is InChI=1S/C19H20N4/c1-3-5-7-19(22)23-17(6-4-2)15(10-11-20)16-12-14(13-21)8-9-18(16)23/h3,5,7-9,12,19H,1,4,6,10,22H2,2H3/b7-5-. The molecule has 2 aromatic rings. The average Bonchev–Trinajstić information content (AvgIpc) is 2.86. The summed E-state index contributed by atoms with van der Waals surface area (Å²) in [6, 6.07) is 9.95. The molecule has 0 radical (unpaired) electrons. The second kappa shape index (κ2) is 7.45. The van der Waals surface area contributed by atoms with Gasteiger partial charge < -0.3 is 10.3 Å². The van der Waals surface area contributed by atoms with Crippen molar-refractivity contribution in [1.29, 1.82) is 10.5 Å². The fraction of sp³-hybridized carbons (Fsp3) is 0.263. The van der Waals surface area contributed by atoms with Gasteiger partial charge in [-0.2, -0.15) is 10.5 Å². The lowest BCUT2D eigenvalue weighted by molar-refractivity contribution is 0.614. The molecule has 1 atom stereocenters. The van der Waals surface area contributed by atoms with Gasteiger partial charge in [0.1, 0.15) is 6.17 Å². The van der Waals surface area contributed by atoms with E-state index in [1.54, 1.807) is 12.1 Å². The van der Waals surface area contributed by atoms with Gasteiger partial charge in [-0.25, -0.2) is 0 Å². The molecular weight excluding hydrogens is 284 g/mol. The first kappa shape index (κ1) is 16.5. The quantitative estimate of drug-likeness (QED) is 0.826. The zero-order chi connectivity index (χ0) is 16.8. The third kappa shape index (κ3) is 3.18. The fourth-order valence-corrected chi connectivity index (χ4v) is 2.91. The topological polar surface area (TPSA) is 78.5 Å². The van der Waals surface area contributed by atoms with Crippen LogP contribution in [0.2, 0.25) is 0 Å². The molecule has 2 rings (SSSR count). The predicted molar refractivity (Wildman–Crippen MR) is 92.5 cm³/mol. The van der Waals surface area contributed by atoms with Gasteiger partial charge in [0.05, 0.1) is 29.6 Å². The maximum atomic E-state index is 9.20. The van der Waals surface area contributed by atoms with Gasteiger partial charge in [0, 0.05) is 11.1 Å². The van der Waals surface area contributed by atoms with E-state index in [0.29, 0.717) is 12.0 Å². The molecule has 4 nitrogen and oxygen atoms in total. The monoisotopic (exact) mass is 304 g/mol. The van der Waals surface area contributed by atoms with Crippen LogP contribution < -0.4 is 5.73 Å². The molecule has 0 saturated carbocycles. The Bertz CT molecular complexity index is 828. The van der Waals surface area contributed by atoms with Gasteiger partial charge in [0.2, 0.25) is 0 Å².